The number of carbonyl (C=O) groups is 1. The molecule has 2 heterocycles. The van der Waals surface area contributed by atoms with Crippen LogP contribution in [0, 0.1) is 0 Å². The maximum absolute atomic E-state index is 12.2. The van der Waals surface area contributed by atoms with Gasteiger partial charge >= 0.3 is 5.97 Å². The van der Waals surface area contributed by atoms with Crippen LogP contribution in [0.4, 0.5) is 0 Å². The number of carbonyl (C=O) groups excluding carboxylic acids is 1. The lowest BCUT2D eigenvalue weighted by atomic mass is 10.2. The third-order valence-electron chi connectivity index (χ3n) is 3.60. The van der Waals surface area contributed by atoms with Gasteiger partial charge in [0.2, 0.25) is 5.90 Å². The molecule has 1 aliphatic heterocycles. The van der Waals surface area contributed by atoms with Crippen molar-refractivity contribution in [1.82, 2.24) is 0 Å². The summed E-state index contributed by atoms with van der Waals surface area (Å²) in [6.45, 7) is 0. The Morgan fingerprint density at radius 1 is 1.08 bits per heavy atom. The summed E-state index contributed by atoms with van der Waals surface area (Å²) >= 11 is 19.9. The van der Waals surface area contributed by atoms with Crippen molar-refractivity contribution in [1.29, 1.82) is 0 Å². The summed E-state index contributed by atoms with van der Waals surface area (Å²) in [5, 5.41) is 2.37. The standard InChI is InChI=1S/C18H8Cl3NO2S/c19-10-6-5-9(12(20)8-10)7-13-18(23)24-17(22-13)16-15(21)11-3-1-2-4-14(11)25-16/h1-8H. The lowest BCUT2D eigenvalue weighted by Crippen LogP contribution is -2.04. The fraction of sp³-hybridized carbons (Fsp3) is 0. The normalized spacial score (nSPS) is 15.7. The van der Waals surface area contributed by atoms with Crippen LogP contribution >= 0.6 is 46.1 Å². The molecule has 0 amide bonds. The van der Waals surface area contributed by atoms with Crippen LogP contribution in [0.3, 0.4) is 0 Å². The second-order valence-electron chi connectivity index (χ2n) is 5.24. The molecule has 0 bridgehead atoms. The van der Waals surface area contributed by atoms with E-state index in [1.54, 1.807) is 24.3 Å². The first-order valence-electron chi connectivity index (χ1n) is 7.18. The van der Waals surface area contributed by atoms with Gasteiger partial charge in [-0.2, -0.15) is 0 Å². The fourth-order valence-corrected chi connectivity index (χ4v) is 4.32. The van der Waals surface area contributed by atoms with Crippen molar-refractivity contribution in [3.63, 3.8) is 0 Å². The van der Waals surface area contributed by atoms with Gasteiger partial charge in [0.15, 0.2) is 5.70 Å². The monoisotopic (exact) mass is 407 g/mol. The first-order valence-corrected chi connectivity index (χ1v) is 9.13. The molecule has 0 aliphatic carbocycles. The molecule has 3 aromatic rings. The van der Waals surface area contributed by atoms with E-state index in [1.165, 1.54) is 11.3 Å². The Morgan fingerprint density at radius 2 is 1.88 bits per heavy atom. The highest BCUT2D eigenvalue weighted by Gasteiger charge is 2.28. The van der Waals surface area contributed by atoms with E-state index in [1.807, 2.05) is 24.3 Å². The van der Waals surface area contributed by atoms with Crippen molar-refractivity contribution in [2.45, 2.75) is 0 Å². The van der Waals surface area contributed by atoms with E-state index in [0.29, 0.717) is 25.5 Å². The zero-order chi connectivity index (χ0) is 17.6. The van der Waals surface area contributed by atoms with Crippen molar-refractivity contribution in [2.24, 2.45) is 4.99 Å². The minimum Gasteiger partial charge on any atom is -0.401 e. The van der Waals surface area contributed by atoms with Crippen molar-refractivity contribution in [3.8, 4) is 0 Å². The molecular formula is C18H8Cl3NO2S. The third-order valence-corrected chi connectivity index (χ3v) is 5.83. The summed E-state index contributed by atoms with van der Waals surface area (Å²) in [7, 11) is 0. The SMILES string of the molecule is O=C1OC(c2sc3ccccc3c2Cl)=NC1=Cc1ccc(Cl)cc1Cl. The Hall–Kier alpha value is -1.85. The molecule has 25 heavy (non-hydrogen) atoms. The van der Waals surface area contributed by atoms with Gasteiger partial charge in [0.25, 0.3) is 0 Å². The summed E-state index contributed by atoms with van der Waals surface area (Å²) in [5.41, 5.74) is 0.790. The van der Waals surface area contributed by atoms with E-state index in [-0.39, 0.29) is 11.6 Å². The van der Waals surface area contributed by atoms with E-state index in [0.717, 1.165) is 10.1 Å². The molecule has 0 saturated carbocycles. The topological polar surface area (TPSA) is 38.7 Å². The molecule has 4 rings (SSSR count). The largest absolute Gasteiger partial charge is 0.401 e. The van der Waals surface area contributed by atoms with Crippen molar-refractivity contribution >= 4 is 74.2 Å². The number of nitrogens with zero attached hydrogens (tertiary/aromatic N) is 1. The highest BCUT2D eigenvalue weighted by atomic mass is 35.5. The first kappa shape index (κ1) is 16.6. The zero-order valence-electron chi connectivity index (χ0n) is 12.4. The van der Waals surface area contributed by atoms with Crippen molar-refractivity contribution in [2.75, 3.05) is 0 Å². The maximum Gasteiger partial charge on any atom is 0.363 e. The quantitative estimate of drug-likeness (QED) is 0.374. The molecule has 0 atom stereocenters. The van der Waals surface area contributed by atoms with Crippen LogP contribution in [0.25, 0.3) is 16.2 Å². The second-order valence-corrected chi connectivity index (χ2v) is 7.52. The van der Waals surface area contributed by atoms with Crippen molar-refractivity contribution in [3.05, 3.63) is 73.7 Å². The zero-order valence-corrected chi connectivity index (χ0v) is 15.5. The number of fused-ring (bicyclic) bond motifs is 1. The third kappa shape index (κ3) is 3.07. The van der Waals surface area contributed by atoms with Gasteiger partial charge in [0, 0.05) is 20.1 Å². The summed E-state index contributed by atoms with van der Waals surface area (Å²) in [4.78, 5) is 17.1. The molecule has 0 radical (unpaired) electrons. The van der Waals surface area contributed by atoms with Gasteiger partial charge in [0.05, 0.1) is 5.02 Å². The van der Waals surface area contributed by atoms with Crippen LogP contribution in [-0.4, -0.2) is 11.9 Å². The average molecular weight is 409 g/mol. The summed E-state index contributed by atoms with van der Waals surface area (Å²) in [6.07, 6.45) is 1.56. The first-order chi connectivity index (χ1) is 12.0. The number of esters is 1. The van der Waals surface area contributed by atoms with E-state index >= 15 is 0 Å². The van der Waals surface area contributed by atoms with Gasteiger partial charge in [-0.25, -0.2) is 9.79 Å². The van der Waals surface area contributed by atoms with E-state index < -0.39 is 5.97 Å². The van der Waals surface area contributed by atoms with Crippen LogP contribution in [0.5, 0.6) is 0 Å². The van der Waals surface area contributed by atoms with Crippen LogP contribution in [0.2, 0.25) is 15.1 Å². The Bertz CT molecular complexity index is 1090. The summed E-state index contributed by atoms with van der Waals surface area (Å²) in [6, 6.07) is 12.7. The number of cyclic esters (lactones) is 1. The summed E-state index contributed by atoms with van der Waals surface area (Å²) < 4.78 is 6.31. The predicted octanol–water partition coefficient (Wildman–Crippen LogP) is 6.21. The van der Waals surface area contributed by atoms with Gasteiger partial charge in [-0.1, -0.05) is 59.1 Å². The number of rotatable bonds is 2. The second kappa shape index (κ2) is 6.46. The Kier molecular flexibility index (Phi) is 4.29. The minimum atomic E-state index is -0.547. The molecule has 1 aliphatic rings. The number of ether oxygens (including phenoxy) is 1. The predicted molar refractivity (Wildman–Crippen MR) is 104 cm³/mol. The average Bonchev–Trinajstić information content (AvgIpc) is 3.11. The van der Waals surface area contributed by atoms with Crippen LogP contribution in [0.1, 0.15) is 10.4 Å². The molecule has 124 valence electrons. The molecule has 2 aromatic carbocycles. The van der Waals surface area contributed by atoms with Gasteiger partial charge in [-0.3, -0.25) is 0 Å². The lowest BCUT2D eigenvalue weighted by molar-refractivity contribution is -0.129. The lowest BCUT2D eigenvalue weighted by Gasteiger charge is -1.98. The minimum absolute atomic E-state index is 0.160. The molecule has 0 saturated heterocycles. The van der Waals surface area contributed by atoms with Gasteiger partial charge in [-0.15, -0.1) is 11.3 Å². The van der Waals surface area contributed by atoms with Crippen LogP contribution < -0.4 is 0 Å². The molecule has 3 nitrogen and oxygen atoms in total. The fourth-order valence-electron chi connectivity index (χ4n) is 2.42. The van der Waals surface area contributed by atoms with E-state index in [4.69, 9.17) is 39.5 Å². The number of hydrogen-bond donors (Lipinski definition) is 0. The van der Waals surface area contributed by atoms with E-state index in [9.17, 15) is 4.79 Å². The number of benzene rings is 2. The van der Waals surface area contributed by atoms with Gasteiger partial charge in [-0.05, 0) is 29.8 Å². The molecule has 0 N–H and O–H groups in total. The highest BCUT2D eigenvalue weighted by molar-refractivity contribution is 7.21. The molecule has 0 unspecified atom stereocenters. The highest BCUT2D eigenvalue weighted by Crippen LogP contribution is 2.37. The molecule has 1 aromatic heterocycles. The smallest absolute Gasteiger partial charge is 0.363 e. The van der Waals surface area contributed by atoms with Gasteiger partial charge in [0.1, 0.15) is 4.88 Å². The number of hydrogen-bond acceptors (Lipinski definition) is 4. The number of halogens is 3. The number of thiophene rings is 1. The van der Waals surface area contributed by atoms with Crippen molar-refractivity contribution < 1.29 is 9.53 Å². The van der Waals surface area contributed by atoms with Gasteiger partial charge < -0.3 is 4.74 Å². The van der Waals surface area contributed by atoms with Crippen LogP contribution in [0.15, 0.2) is 53.2 Å². The van der Waals surface area contributed by atoms with Crippen LogP contribution in [-0.2, 0) is 9.53 Å². The maximum atomic E-state index is 12.2. The Balaban J connectivity index is 1.77. The number of aliphatic imine (C=N–C) groups is 1. The summed E-state index contributed by atoms with van der Waals surface area (Å²) in [5.74, 6) is -0.345. The molecule has 0 spiro atoms. The Morgan fingerprint density at radius 3 is 2.64 bits per heavy atom. The van der Waals surface area contributed by atoms with E-state index in [2.05, 4.69) is 4.99 Å². The molecular weight excluding hydrogens is 401 g/mol. The molecule has 0 fully saturated rings. The Labute approximate surface area is 162 Å². The molecule has 7 heteroatoms.